The molecule has 1 N–H and O–H groups in total. The second kappa shape index (κ2) is 7.56. The standard InChI is InChI=1S/C13H23N3O4S/c1-4-6-14-12(17)13(18)16(8-7-15(2)3)11-5-9-21(19,20)10-11/h4,11H,1,5-10H2,2-3H3,(H,14,17). The summed E-state index contributed by atoms with van der Waals surface area (Å²) < 4.78 is 23.2. The first kappa shape index (κ1) is 17.6. The Hall–Kier alpha value is -1.41. The average Bonchev–Trinajstić information content (AvgIpc) is 2.75. The Bertz CT molecular complexity index is 502. The minimum atomic E-state index is -3.11. The third kappa shape index (κ3) is 5.47. The molecule has 1 aliphatic heterocycles. The fraction of sp³-hybridized carbons (Fsp3) is 0.692. The molecular formula is C13H23N3O4S. The van der Waals surface area contributed by atoms with Crippen LogP contribution in [0, 0.1) is 0 Å². The molecule has 0 aromatic rings. The molecule has 0 aromatic heterocycles. The van der Waals surface area contributed by atoms with Crippen molar-refractivity contribution in [3.05, 3.63) is 12.7 Å². The van der Waals surface area contributed by atoms with Gasteiger partial charge in [-0.15, -0.1) is 6.58 Å². The molecule has 1 unspecified atom stereocenters. The monoisotopic (exact) mass is 317 g/mol. The first-order chi connectivity index (χ1) is 9.76. The molecule has 0 aliphatic carbocycles. The quantitative estimate of drug-likeness (QED) is 0.495. The van der Waals surface area contributed by atoms with E-state index >= 15 is 0 Å². The minimum absolute atomic E-state index is 0.0672. The van der Waals surface area contributed by atoms with Gasteiger partial charge in [0.15, 0.2) is 9.84 Å². The first-order valence-electron chi connectivity index (χ1n) is 6.81. The largest absolute Gasteiger partial charge is 0.344 e. The van der Waals surface area contributed by atoms with Gasteiger partial charge in [0.1, 0.15) is 0 Å². The van der Waals surface area contributed by atoms with E-state index in [1.54, 1.807) is 0 Å². The van der Waals surface area contributed by atoms with E-state index in [0.717, 1.165) is 0 Å². The van der Waals surface area contributed by atoms with Crippen LogP contribution in [-0.2, 0) is 19.4 Å². The lowest BCUT2D eigenvalue weighted by atomic mass is 10.2. The number of hydrogen-bond acceptors (Lipinski definition) is 5. The predicted molar refractivity (Wildman–Crippen MR) is 80.5 cm³/mol. The van der Waals surface area contributed by atoms with E-state index in [-0.39, 0.29) is 18.1 Å². The average molecular weight is 317 g/mol. The summed E-state index contributed by atoms with van der Waals surface area (Å²) in [6, 6.07) is -0.420. The Morgan fingerprint density at radius 3 is 2.48 bits per heavy atom. The molecule has 120 valence electrons. The van der Waals surface area contributed by atoms with Crippen LogP contribution in [0.15, 0.2) is 12.7 Å². The van der Waals surface area contributed by atoms with E-state index in [4.69, 9.17) is 0 Å². The number of rotatable bonds is 6. The van der Waals surface area contributed by atoms with Gasteiger partial charge in [0.2, 0.25) is 0 Å². The molecule has 1 fully saturated rings. The van der Waals surface area contributed by atoms with Crippen LogP contribution in [0.5, 0.6) is 0 Å². The molecule has 1 heterocycles. The molecule has 8 heteroatoms. The topological polar surface area (TPSA) is 86.8 Å². The van der Waals surface area contributed by atoms with Crippen LogP contribution in [0.2, 0.25) is 0 Å². The molecule has 7 nitrogen and oxygen atoms in total. The molecule has 0 radical (unpaired) electrons. The molecule has 1 atom stereocenters. The third-order valence-electron chi connectivity index (χ3n) is 3.30. The Balaban J connectivity index is 2.79. The number of amides is 2. The highest BCUT2D eigenvalue weighted by Crippen LogP contribution is 2.18. The molecule has 2 amide bonds. The zero-order valence-corrected chi connectivity index (χ0v) is 13.4. The zero-order valence-electron chi connectivity index (χ0n) is 12.5. The van der Waals surface area contributed by atoms with Gasteiger partial charge in [-0.25, -0.2) is 8.42 Å². The second-order valence-electron chi connectivity index (χ2n) is 5.36. The van der Waals surface area contributed by atoms with E-state index in [9.17, 15) is 18.0 Å². The van der Waals surface area contributed by atoms with E-state index in [1.807, 2.05) is 19.0 Å². The van der Waals surface area contributed by atoms with E-state index in [0.29, 0.717) is 19.5 Å². The van der Waals surface area contributed by atoms with E-state index in [1.165, 1.54) is 11.0 Å². The molecule has 1 rings (SSSR count). The summed E-state index contributed by atoms with van der Waals surface area (Å²) in [5.74, 6) is -1.41. The lowest BCUT2D eigenvalue weighted by Gasteiger charge is -2.28. The number of hydrogen-bond donors (Lipinski definition) is 1. The minimum Gasteiger partial charge on any atom is -0.344 e. The van der Waals surface area contributed by atoms with Crippen LogP contribution in [0.3, 0.4) is 0 Å². The SMILES string of the molecule is C=CCNC(=O)C(=O)N(CCN(C)C)C1CCS(=O)(=O)C1. The lowest BCUT2D eigenvalue weighted by Crippen LogP contribution is -2.50. The number of likely N-dealkylation sites (N-methyl/N-ethyl adjacent to an activating group) is 1. The number of carbonyl (C=O) groups is 2. The second-order valence-corrected chi connectivity index (χ2v) is 7.59. The summed E-state index contributed by atoms with van der Waals surface area (Å²) in [5.41, 5.74) is 0. The Morgan fingerprint density at radius 1 is 1.33 bits per heavy atom. The van der Waals surface area contributed by atoms with Crippen molar-refractivity contribution in [3.63, 3.8) is 0 Å². The molecule has 0 spiro atoms. The predicted octanol–water partition coefficient (Wildman–Crippen LogP) is -1.13. The maximum absolute atomic E-state index is 12.2. The highest BCUT2D eigenvalue weighted by molar-refractivity contribution is 7.91. The third-order valence-corrected chi connectivity index (χ3v) is 5.05. The highest BCUT2D eigenvalue weighted by Gasteiger charge is 2.36. The van der Waals surface area contributed by atoms with Gasteiger partial charge in [0.05, 0.1) is 11.5 Å². The molecule has 0 saturated carbocycles. The van der Waals surface area contributed by atoms with Crippen LogP contribution < -0.4 is 5.32 Å². The summed E-state index contributed by atoms with van der Waals surface area (Å²) in [5, 5.41) is 2.43. The molecule has 21 heavy (non-hydrogen) atoms. The van der Waals surface area contributed by atoms with Gasteiger partial charge >= 0.3 is 11.8 Å². The van der Waals surface area contributed by atoms with Crippen molar-refractivity contribution in [3.8, 4) is 0 Å². The van der Waals surface area contributed by atoms with Crippen molar-refractivity contribution in [2.75, 3.05) is 45.2 Å². The fourth-order valence-corrected chi connectivity index (χ4v) is 3.88. The number of nitrogens with one attached hydrogen (secondary N) is 1. The van der Waals surface area contributed by atoms with Crippen LogP contribution in [0.25, 0.3) is 0 Å². The Morgan fingerprint density at radius 2 is 2.00 bits per heavy atom. The van der Waals surface area contributed by atoms with Gasteiger partial charge in [-0.3, -0.25) is 9.59 Å². The summed E-state index contributed by atoms with van der Waals surface area (Å²) in [4.78, 5) is 27.3. The van der Waals surface area contributed by atoms with Crippen molar-refractivity contribution >= 4 is 21.7 Å². The van der Waals surface area contributed by atoms with Crippen molar-refractivity contribution < 1.29 is 18.0 Å². The summed E-state index contributed by atoms with van der Waals surface area (Å²) in [6.07, 6.45) is 1.87. The molecule has 1 aliphatic rings. The van der Waals surface area contributed by atoms with Gasteiger partial charge in [-0.2, -0.15) is 0 Å². The van der Waals surface area contributed by atoms with Crippen LogP contribution in [0.1, 0.15) is 6.42 Å². The lowest BCUT2D eigenvalue weighted by molar-refractivity contribution is -0.147. The summed E-state index contributed by atoms with van der Waals surface area (Å²) >= 11 is 0. The Labute approximate surface area is 125 Å². The summed E-state index contributed by atoms with van der Waals surface area (Å²) in [6.45, 7) is 4.56. The van der Waals surface area contributed by atoms with Crippen LogP contribution in [-0.4, -0.2) is 81.3 Å². The van der Waals surface area contributed by atoms with Gasteiger partial charge in [0, 0.05) is 25.7 Å². The highest BCUT2D eigenvalue weighted by atomic mass is 32.2. The van der Waals surface area contributed by atoms with Crippen LogP contribution >= 0.6 is 0 Å². The van der Waals surface area contributed by atoms with Gasteiger partial charge in [0.25, 0.3) is 0 Å². The van der Waals surface area contributed by atoms with Gasteiger partial charge < -0.3 is 15.1 Å². The van der Waals surface area contributed by atoms with Crippen molar-refractivity contribution in [2.45, 2.75) is 12.5 Å². The molecule has 0 aromatic carbocycles. The summed E-state index contributed by atoms with van der Waals surface area (Å²) in [7, 11) is 0.595. The van der Waals surface area contributed by atoms with E-state index in [2.05, 4.69) is 11.9 Å². The maximum atomic E-state index is 12.2. The van der Waals surface area contributed by atoms with Crippen LogP contribution in [0.4, 0.5) is 0 Å². The van der Waals surface area contributed by atoms with E-state index < -0.39 is 27.7 Å². The Kier molecular flexibility index (Phi) is 6.35. The maximum Gasteiger partial charge on any atom is 0.312 e. The van der Waals surface area contributed by atoms with Gasteiger partial charge in [-0.05, 0) is 20.5 Å². The van der Waals surface area contributed by atoms with Crippen molar-refractivity contribution in [2.24, 2.45) is 0 Å². The number of sulfone groups is 1. The first-order valence-corrected chi connectivity index (χ1v) is 8.64. The number of carbonyl (C=O) groups excluding carboxylic acids is 2. The van der Waals surface area contributed by atoms with Crippen molar-refractivity contribution in [1.29, 1.82) is 0 Å². The molecular weight excluding hydrogens is 294 g/mol. The molecule has 0 bridgehead atoms. The fourth-order valence-electron chi connectivity index (χ4n) is 2.15. The van der Waals surface area contributed by atoms with Gasteiger partial charge in [-0.1, -0.05) is 6.08 Å². The zero-order chi connectivity index (χ0) is 16.0. The smallest absolute Gasteiger partial charge is 0.312 e. The van der Waals surface area contributed by atoms with Crippen molar-refractivity contribution in [1.82, 2.24) is 15.1 Å². The number of nitrogens with zero attached hydrogens (tertiary/aromatic N) is 2. The normalized spacial score (nSPS) is 20.2. The molecule has 1 saturated heterocycles.